The van der Waals surface area contributed by atoms with E-state index in [4.69, 9.17) is 9.47 Å². The maximum atomic E-state index is 5.98. The smallest absolute Gasteiger partial charge is 0.121 e. The summed E-state index contributed by atoms with van der Waals surface area (Å²) in [6.45, 7) is 8.02. The normalized spacial score (nSPS) is 11.8. The lowest BCUT2D eigenvalue weighted by atomic mass is 10.2. The first-order valence-electron chi connectivity index (χ1n) is 10.4. The molecule has 0 aliphatic carbocycles. The Labute approximate surface area is 165 Å². The Balaban J connectivity index is 1.71. The predicted molar refractivity (Wildman–Crippen MR) is 115 cm³/mol. The summed E-state index contributed by atoms with van der Waals surface area (Å²) in [5.41, 5.74) is 2.39. The highest BCUT2D eigenvalue weighted by molar-refractivity contribution is 5.48. The first-order chi connectivity index (χ1) is 13.2. The van der Waals surface area contributed by atoms with Gasteiger partial charge in [-0.2, -0.15) is 0 Å². The minimum Gasteiger partial charge on any atom is -0.494 e. The molecular weight excluding hydrogens is 334 g/mol. The largest absolute Gasteiger partial charge is 0.494 e. The Hall–Kier alpha value is -2.16. The molecule has 0 saturated heterocycles. The van der Waals surface area contributed by atoms with Crippen molar-refractivity contribution in [3.63, 3.8) is 0 Å². The molecule has 148 valence electrons. The van der Waals surface area contributed by atoms with Crippen molar-refractivity contribution >= 4 is 5.69 Å². The summed E-state index contributed by atoms with van der Waals surface area (Å²) >= 11 is 0. The number of hydrogen-bond donors (Lipinski definition) is 1. The number of unbranched alkanes of at least 4 members (excludes halogenated alkanes) is 4. The van der Waals surface area contributed by atoms with Crippen LogP contribution in [-0.2, 0) is 6.42 Å². The average molecular weight is 370 g/mol. The lowest BCUT2D eigenvalue weighted by molar-refractivity contribution is 0.234. The third-order valence-corrected chi connectivity index (χ3v) is 4.61. The van der Waals surface area contributed by atoms with Crippen LogP contribution in [0.3, 0.4) is 0 Å². The van der Waals surface area contributed by atoms with Gasteiger partial charge in [-0.05, 0) is 49.6 Å². The molecule has 0 spiro atoms. The molecule has 0 bridgehead atoms. The van der Waals surface area contributed by atoms with Crippen molar-refractivity contribution in [3.8, 4) is 11.5 Å². The Morgan fingerprint density at radius 1 is 0.889 bits per heavy atom. The first kappa shape index (κ1) is 21.1. The second kappa shape index (κ2) is 12.3. The number of hydrogen-bond acceptors (Lipinski definition) is 3. The van der Waals surface area contributed by atoms with Crippen molar-refractivity contribution in [2.45, 2.75) is 65.4 Å². The van der Waals surface area contributed by atoms with Crippen molar-refractivity contribution < 1.29 is 9.47 Å². The Kier molecular flexibility index (Phi) is 9.61. The van der Waals surface area contributed by atoms with Crippen LogP contribution < -0.4 is 14.8 Å². The van der Waals surface area contributed by atoms with Crippen LogP contribution in [0.25, 0.3) is 0 Å². The van der Waals surface area contributed by atoms with Gasteiger partial charge in [0.05, 0.1) is 13.2 Å². The first-order valence-corrected chi connectivity index (χ1v) is 10.4. The Morgan fingerprint density at radius 2 is 1.67 bits per heavy atom. The maximum absolute atomic E-state index is 5.98. The third kappa shape index (κ3) is 8.38. The van der Waals surface area contributed by atoms with Gasteiger partial charge in [0, 0.05) is 11.8 Å². The van der Waals surface area contributed by atoms with Gasteiger partial charge in [0.15, 0.2) is 0 Å². The molecule has 0 unspecified atom stereocenters. The molecule has 2 aromatic carbocycles. The highest BCUT2D eigenvalue weighted by atomic mass is 16.5. The maximum Gasteiger partial charge on any atom is 0.121 e. The van der Waals surface area contributed by atoms with E-state index in [0.29, 0.717) is 0 Å². The zero-order chi connectivity index (χ0) is 19.3. The number of anilines is 1. The molecule has 0 aliphatic heterocycles. The molecule has 0 amide bonds. The second-order valence-corrected chi connectivity index (χ2v) is 7.10. The molecule has 0 saturated carbocycles. The lowest BCUT2D eigenvalue weighted by Gasteiger charge is -2.17. The summed E-state index contributed by atoms with van der Waals surface area (Å²) in [6.07, 6.45) is 7.41. The number of nitrogens with one attached hydrogen (secondary N) is 1. The van der Waals surface area contributed by atoms with Gasteiger partial charge in [-0.15, -0.1) is 0 Å². The molecule has 0 aromatic heterocycles. The molecule has 3 heteroatoms. The van der Waals surface area contributed by atoms with Crippen molar-refractivity contribution in [2.24, 2.45) is 0 Å². The van der Waals surface area contributed by atoms with E-state index in [-0.39, 0.29) is 6.10 Å². The molecule has 0 aliphatic rings. The minimum absolute atomic E-state index is 0.0839. The van der Waals surface area contributed by atoms with Gasteiger partial charge < -0.3 is 14.8 Å². The van der Waals surface area contributed by atoms with Gasteiger partial charge in [0.2, 0.25) is 0 Å². The molecule has 0 fully saturated rings. The number of aryl methyl sites for hydroxylation is 1. The minimum atomic E-state index is 0.0839. The van der Waals surface area contributed by atoms with Gasteiger partial charge in [-0.1, -0.05) is 57.7 Å². The van der Waals surface area contributed by atoms with Crippen molar-refractivity contribution in [1.29, 1.82) is 0 Å². The topological polar surface area (TPSA) is 30.5 Å². The van der Waals surface area contributed by atoms with Crippen LogP contribution in [0.2, 0.25) is 0 Å². The van der Waals surface area contributed by atoms with Crippen LogP contribution in [0.4, 0.5) is 5.69 Å². The summed E-state index contributed by atoms with van der Waals surface area (Å²) in [4.78, 5) is 0. The summed E-state index contributed by atoms with van der Waals surface area (Å²) in [5, 5.41) is 3.44. The van der Waals surface area contributed by atoms with Crippen LogP contribution in [-0.4, -0.2) is 19.3 Å². The Morgan fingerprint density at radius 3 is 2.41 bits per heavy atom. The number of ether oxygens (including phenoxy) is 2. The molecule has 27 heavy (non-hydrogen) atoms. The van der Waals surface area contributed by atoms with Crippen molar-refractivity contribution in [1.82, 2.24) is 0 Å². The quantitative estimate of drug-likeness (QED) is 0.410. The highest BCUT2D eigenvalue weighted by Gasteiger charge is 2.05. The fourth-order valence-electron chi connectivity index (χ4n) is 2.93. The molecular formula is C24H35NO2. The number of benzene rings is 2. The van der Waals surface area contributed by atoms with Crippen LogP contribution in [0.15, 0.2) is 48.5 Å². The molecule has 1 atom stereocenters. The number of rotatable bonds is 13. The van der Waals surface area contributed by atoms with E-state index in [1.165, 1.54) is 31.2 Å². The molecule has 3 nitrogen and oxygen atoms in total. The predicted octanol–water partition coefficient (Wildman–Crippen LogP) is 6.48. The van der Waals surface area contributed by atoms with E-state index in [1.807, 2.05) is 24.3 Å². The zero-order valence-corrected chi connectivity index (χ0v) is 17.2. The van der Waals surface area contributed by atoms with E-state index in [9.17, 15) is 0 Å². The standard InChI is InChI=1S/C24H35NO2/c1-4-6-7-8-9-17-26-24-12-10-11-22(18-24)25-19-20(3)27-23-15-13-21(5-2)14-16-23/h10-16,18,20,25H,4-9,17,19H2,1-3H3/t20-/m0/s1. The molecule has 2 rings (SSSR count). The summed E-state index contributed by atoms with van der Waals surface area (Å²) < 4.78 is 11.9. The van der Waals surface area contributed by atoms with Crippen LogP contribution >= 0.6 is 0 Å². The fourth-order valence-corrected chi connectivity index (χ4v) is 2.93. The molecule has 2 aromatic rings. The van der Waals surface area contributed by atoms with Crippen molar-refractivity contribution in [2.75, 3.05) is 18.5 Å². The van der Waals surface area contributed by atoms with Gasteiger partial charge >= 0.3 is 0 Å². The molecule has 0 radical (unpaired) electrons. The SMILES string of the molecule is CCCCCCCOc1cccc(NC[C@H](C)Oc2ccc(CC)cc2)c1. The molecule has 0 heterocycles. The summed E-state index contributed by atoms with van der Waals surface area (Å²) in [7, 11) is 0. The third-order valence-electron chi connectivity index (χ3n) is 4.61. The van der Waals surface area contributed by atoms with E-state index in [1.54, 1.807) is 0 Å². The highest BCUT2D eigenvalue weighted by Crippen LogP contribution is 2.19. The van der Waals surface area contributed by atoms with Gasteiger partial charge in [-0.3, -0.25) is 0 Å². The van der Waals surface area contributed by atoms with Crippen molar-refractivity contribution in [3.05, 3.63) is 54.1 Å². The van der Waals surface area contributed by atoms with Crippen LogP contribution in [0, 0.1) is 0 Å². The lowest BCUT2D eigenvalue weighted by Crippen LogP contribution is -2.22. The van der Waals surface area contributed by atoms with Gasteiger partial charge in [0.25, 0.3) is 0 Å². The van der Waals surface area contributed by atoms with Gasteiger partial charge in [0.1, 0.15) is 17.6 Å². The van der Waals surface area contributed by atoms with E-state index >= 15 is 0 Å². The van der Waals surface area contributed by atoms with Crippen LogP contribution in [0.1, 0.15) is 58.4 Å². The van der Waals surface area contributed by atoms with E-state index in [0.717, 1.165) is 43.2 Å². The average Bonchev–Trinajstić information content (AvgIpc) is 2.70. The summed E-state index contributed by atoms with van der Waals surface area (Å²) in [6, 6.07) is 16.5. The molecule has 1 N–H and O–H groups in total. The fraction of sp³-hybridized carbons (Fsp3) is 0.500. The van der Waals surface area contributed by atoms with E-state index in [2.05, 4.69) is 50.4 Å². The second-order valence-electron chi connectivity index (χ2n) is 7.10. The Bertz CT molecular complexity index is 639. The zero-order valence-electron chi connectivity index (χ0n) is 17.2. The van der Waals surface area contributed by atoms with Gasteiger partial charge in [-0.25, -0.2) is 0 Å². The van der Waals surface area contributed by atoms with E-state index < -0.39 is 0 Å². The summed E-state index contributed by atoms with van der Waals surface area (Å²) in [5.74, 6) is 1.85. The monoisotopic (exact) mass is 369 g/mol. The van der Waals surface area contributed by atoms with Crippen LogP contribution in [0.5, 0.6) is 11.5 Å².